The van der Waals surface area contributed by atoms with Crippen molar-refractivity contribution in [2.75, 3.05) is 18.6 Å². The number of halogens is 3. The van der Waals surface area contributed by atoms with Crippen molar-refractivity contribution in [2.45, 2.75) is 57.7 Å². The molecule has 0 spiro atoms. The van der Waals surface area contributed by atoms with Crippen LogP contribution in [0.1, 0.15) is 51.0 Å². The van der Waals surface area contributed by atoms with Gasteiger partial charge in [-0.25, -0.2) is 4.98 Å². The summed E-state index contributed by atoms with van der Waals surface area (Å²) < 4.78 is 51.8. The molecule has 3 rings (SSSR count). The van der Waals surface area contributed by atoms with Crippen molar-refractivity contribution in [2.24, 2.45) is 0 Å². The van der Waals surface area contributed by atoms with E-state index in [2.05, 4.69) is 9.97 Å². The third kappa shape index (κ3) is 5.52. The Bertz CT molecular complexity index is 791. The van der Waals surface area contributed by atoms with Gasteiger partial charge in [0.1, 0.15) is 11.3 Å². The highest BCUT2D eigenvalue weighted by Crippen LogP contribution is 2.38. The lowest BCUT2D eigenvalue weighted by Crippen LogP contribution is -2.19. The van der Waals surface area contributed by atoms with Crippen molar-refractivity contribution >= 4 is 11.5 Å². The molecule has 0 atom stereocenters. The molecule has 2 aromatic rings. The predicted octanol–water partition coefficient (Wildman–Crippen LogP) is 5.76. The lowest BCUT2D eigenvalue weighted by atomic mass is 10.2. The molecule has 0 amide bonds. The smallest absolute Gasteiger partial charge is 0.421 e. The van der Waals surface area contributed by atoms with E-state index >= 15 is 0 Å². The molecular weight excluding hydrogens is 383 g/mol. The van der Waals surface area contributed by atoms with Crippen LogP contribution in [-0.2, 0) is 6.18 Å². The first-order chi connectivity index (χ1) is 13.9. The van der Waals surface area contributed by atoms with Crippen molar-refractivity contribution in [1.29, 1.82) is 0 Å². The largest absolute Gasteiger partial charge is 0.490 e. The van der Waals surface area contributed by atoms with Gasteiger partial charge in [-0.15, -0.1) is 0 Å². The molecule has 158 valence electrons. The summed E-state index contributed by atoms with van der Waals surface area (Å²) in [7, 11) is 1.54. The Hall–Kier alpha value is -2.51. The van der Waals surface area contributed by atoms with E-state index in [4.69, 9.17) is 9.47 Å². The van der Waals surface area contributed by atoms with E-state index < -0.39 is 11.7 Å². The van der Waals surface area contributed by atoms with Gasteiger partial charge in [-0.1, -0.05) is 13.3 Å². The van der Waals surface area contributed by atoms with Crippen LogP contribution in [0, 0.1) is 0 Å². The number of nitrogens with zero attached hydrogens (tertiary/aromatic N) is 3. The highest BCUT2D eigenvalue weighted by molar-refractivity contribution is 5.63. The maximum Gasteiger partial charge on any atom is 0.421 e. The van der Waals surface area contributed by atoms with E-state index in [-0.39, 0.29) is 17.9 Å². The van der Waals surface area contributed by atoms with Gasteiger partial charge in [0.05, 0.1) is 12.7 Å². The quantitative estimate of drug-likeness (QED) is 0.519. The zero-order chi connectivity index (χ0) is 20.9. The van der Waals surface area contributed by atoms with Gasteiger partial charge < -0.3 is 14.4 Å². The van der Waals surface area contributed by atoms with Crippen LogP contribution < -0.4 is 14.4 Å². The number of unbranched alkanes of at least 4 members (excludes halogenated alkanes) is 1. The highest BCUT2D eigenvalue weighted by Gasteiger charge is 2.36. The van der Waals surface area contributed by atoms with E-state index in [1.165, 1.54) is 17.7 Å². The summed E-state index contributed by atoms with van der Waals surface area (Å²) in [4.78, 5) is 9.14. The van der Waals surface area contributed by atoms with E-state index in [1.807, 2.05) is 6.92 Å². The number of rotatable bonds is 8. The normalized spacial score (nSPS) is 14.8. The number of aromatic nitrogens is 2. The van der Waals surface area contributed by atoms with Crippen molar-refractivity contribution in [3.8, 4) is 11.8 Å². The molecule has 29 heavy (non-hydrogen) atoms. The van der Waals surface area contributed by atoms with Crippen LogP contribution in [0.3, 0.4) is 0 Å². The van der Waals surface area contributed by atoms with Gasteiger partial charge in [0.2, 0.25) is 0 Å². The number of hydrogen-bond acceptors (Lipinski definition) is 5. The molecule has 0 unspecified atom stereocenters. The molecule has 1 aromatic carbocycles. The summed E-state index contributed by atoms with van der Waals surface area (Å²) in [5.41, 5.74) is -0.346. The lowest BCUT2D eigenvalue weighted by molar-refractivity contribution is -0.137. The van der Waals surface area contributed by atoms with Gasteiger partial charge in [-0.3, -0.25) is 0 Å². The Kier molecular flexibility index (Phi) is 6.82. The van der Waals surface area contributed by atoms with E-state index in [9.17, 15) is 13.2 Å². The standard InChI is InChI=1S/C21H26F3N3O2/c1-3-4-13-28-20-25-14-18(21(22,23)24)19(26-20)27(2)15-9-11-17(12-10-15)29-16-7-5-6-8-16/h9-12,14,16H,3-8,13H2,1-2H3. The first kappa shape index (κ1) is 21.2. The Balaban J connectivity index is 1.81. The molecule has 1 heterocycles. The molecule has 1 aliphatic rings. The number of hydrogen-bond donors (Lipinski definition) is 0. The molecule has 1 fully saturated rings. The summed E-state index contributed by atoms with van der Waals surface area (Å²) in [5.74, 6) is 0.472. The van der Waals surface area contributed by atoms with Gasteiger partial charge in [0, 0.05) is 18.9 Å². The molecule has 1 saturated carbocycles. The van der Waals surface area contributed by atoms with Crippen LogP contribution in [0.4, 0.5) is 24.7 Å². The maximum absolute atomic E-state index is 13.5. The Morgan fingerprint density at radius 3 is 2.45 bits per heavy atom. The zero-order valence-electron chi connectivity index (χ0n) is 16.7. The fraction of sp³-hybridized carbons (Fsp3) is 0.524. The van der Waals surface area contributed by atoms with Crippen LogP contribution in [0.2, 0.25) is 0 Å². The highest BCUT2D eigenvalue weighted by atomic mass is 19.4. The van der Waals surface area contributed by atoms with Crippen LogP contribution in [-0.4, -0.2) is 29.7 Å². The number of benzene rings is 1. The minimum atomic E-state index is -4.57. The van der Waals surface area contributed by atoms with Gasteiger partial charge in [0.15, 0.2) is 5.82 Å². The SMILES string of the molecule is CCCCOc1ncc(C(F)(F)F)c(N(C)c2ccc(OC3CCCC3)cc2)n1. The maximum atomic E-state index is 13.5. The fourth-order valence-electron chi connectivity index (χ4n) is 3.26. The fourth-order valence-corrected chi connectivity index (χ4v) is 3.26. The molecule has 1 aromatic heterocycles. The monoisotopic (exact) mass is 409 g/mol. The van der Waals surface area contributed by atoms with Crippen LogP contribution in [0.25, 0.3) is 0 Å². The second-order valence-electron chi connectivity index (χ2n) is 7.17. The molecule has 0 N–H and O–H groups in total. The summed E-state index contributed by atoms with van der Waals surface area (Å²) in [6.07, 6.45) is 2.52. The molecule has 0 aliphatic heterocycles. The molecule has 1 aliphatic carbocycles. The third-order valence-electron chi connectivity index (χ3n) is 4.93. The zero-order valence-corrected chi connectivity index (χ0v) is 16.7. The predicted molar refractivity (Wildman–Crippen MR) is 105 cm³/mol. The number of alkyl halides is 3. The first-order valence-corrected chi connectivity index (χ1v) is 9.96. The van der Waals surface area contributed by atoms with Gasteiger partial charge in [-0.05, 0) is 56.4 Å². The Morgan fingerprint density at radius 1 is 1.14 bits per heavy atom. The van der Waals surface area contributed by atoms with E-state index in [1.54, 1.807) is 31.3 Å². The summed E-state index contributed by atoms with van der Waals surface area (Å²) in [6, 6.07) is 6.94. The lowest BCUT2D eigenvalue weighted by Gasteiger charge is -2.23. The summed E-state index contributed by atoms with van der Waals surface area (Å²) in [5, 5.41) is 0. The minimum Gasteiger partial charge on any atom is -0.490 e. The molecule has 0 bridgehead atoms. The molecular formula is C21H26F3N3O2. The molecule has 0 saturated heterocycles. The molecule has 0 radical (unpaired) electrons. The van der Waals surface area contributed by atoms with Crippen LogP contribution in [0.5, 0.6) is 11.8 Å². The summed E-state index contributed by atoms with van der Waals surface area (Å²) in [6.45, 7) is 2.36. The molecule has 8 heteroatoms. The minimum absolute atomic E-state index is 0.0607. The Morgan fingerprint density at radius 2 is 1.83 bits per heavy atom. The second kappa shape index (κ2) is 9.33. The summed E-state index contributed by atoms with van der Waals surface area (Å²) >= 11 is 0. The average Bonchev–Trinajstić information content (AvgIpc) is 3.20. The second-order valence-corrected chi connectivity index (χ2v) is 7.17. The van der Waals surface area contributed by atoms with E-state index in [0.717, 1.165) is 37.6 Å². The van der Waals surface area contributed by atoms with Gasteiger partial charge >= 0.3 is 12.2 Å². The Labute approximate surface area is 168 Å². The van der Waals surface area contributed by atoms with Crippen molar-refractivity contribution in [1.82, 2.24) is 9.97 Å². The van der Waals surface area contributed by atoms with Crippen molar-refractivity contribution < 1.29 is 22.6 Å². The van der Waals surface area contributed by atoms with Crippen LogP contribution in [0.15, 0.2) is 30.5 Å². The van der Waals surface area contributed by atoms with Gasteiger partial charge in [-0.2, -0.15) is 18.2 Å². The number of ether oxygens (including phenoxy) is 2. The van der Waals surface area contributed by atoms with Crippen molar-refractivity contribution in [3.05, 3.63) is 36.0 Å². The first-order valence-electron chi connectivity index (χ1n) is 9.96. The van der Waals surface area contributed by atoms with E-state index in [0.29, 0.717) is 12.3 Å². The topological polar surface area (TPSA) is 47.5 Å². The van der Waals surface area contributed by atoms with Crippen molar-refractivity contribution in [3.63, 3.8) is 0 Å². The number of anilines is 2. The van der Waals surface area contributed by atoms with Gasteiger partial charge in [0.25, 0.3) is 0 Å². The third-order valence-corrected chi connectivity index (χ3v) is 4.93. The average molecular weight is 409 g/mol. The molecule has 5 nitrogen and oxygen atoms in total. The van der Waals surface area contributed by atoms with Crippen LogP contribution >= 0.6 is 0 Å².